The van der Waals surface area contributed by atoms with E-state index in [9.17, 15) is 0 Å². The van der Waals surface area contributed by atoms with Crippen molar-refractivity contribution >= 4 is 0 Å². The van der Waals surface area contributed by atoms with Crippen LogP contribution in [0.1, 0.15) is 24.2 Å². The van der Waals surface area contributed by atoms with Crippen LogP contribution in [-0.4, -0.2) is 29.0 Å². The quantitative estimate of drug-likeness (QED) is 0.740. The lowest BCUT2D eigenvalue weighted by Gasteiger charge is -2.06. The number of hydrogen-bond acceptors (Lipinski definition) is 3. The highest BCUT2D eigenvalue weighted by atomic mass is 16.5. The van der Waals surface area contributed by atoms with Crippen LogP contribution in [0.15, 0.2) is 0 Å². The Bertz CT molecular complexity index is 342. The first kappa shape index (κ1) is 10.5. The third-order valence-corrected chi connectivity index (χ3v) is 2.80. The SMILES string of the molecule is Cc1nn(C)c(C)c1OCCNC1CC1. The van der Waals surface area contributed by atoms with E-state index in [1.54, 1.807) is 0 Å². The van der Waals surface area contributed by atoms with Gasteiger partial charge in [0.15, 0.2) is 5.75 Å². The highest BCUT2D eigenvalue weighted by molar-refractivity contribution is 5.31. The molecule has 1 heterocycles. The minimum Gasteiger partial charge on any atom is -0.488 e. The van der Waals surface area contributed by atoms with E-state index in [2.05, 4.69) is 10.4 Å². The molecule has 1 aromatic heterocycles. The van der Waals surface area contributed by atoms with Crippen molar-refractivity contribution in [2.45, 2.75) is 32.7 Å². The molecule has 1 N–H and O–H groups in total. The van der Waals surface area contributed by atoms with E-state index in [0.29, 0.717) is 0 Å². The molecule has 4 heteroatoms. The van der Waals surface area contributed by atoms with Gasteiger partial charge in [0.05, 0.1) is 5.69 Å². The number of hydrogen-bond donors (Lipinski definition) is 1. The molecule has 0 amide bonds. The zero-order chi connectivity index (χ0) is 10.8. The van der Waals surface area contributed by atoms with Gasteiger partial charge in [-0.2, -0.15) is 5.10 Å². The van der Waals surface area contributed by atoms with E-state index in [1.807, 2.05) is 25.6 Å². The van der Waals surface area contributed by atoms with E-state index in [1.165, 1.54) is 12.8 Å². The summed E-state index contributed by atoms with van der Waals surface area (Å²) in [6.45, 7) is 5.67. The predicted molar refractivity (Wildman–Crippen MR) is 59.2 cm³/mol. The second-order valence-corrected chi connectivity index (χ2v) is 4.20. The Labute approximate surface area is 90.6 Å². The summed E-state index contributed by atoms with van der Waals surface area (Å²) < 4.78 is 7.58. The van der Waals surface area contributed by atoms with Crippen LogP contribution in [0.3, 0.4) is 0 Å². The smallest absolute Gasteiger partial charge is 0.163 e. The van der Waals surface area contributed by atoms with E-state index < -0.39 is 0 Å². The molecule has 0 radical (unpaired) electrons. The summed E-state index contributed by atoms with van der Waals surface area (Å²) in [5.41, 5.74) is 2.07. The minimum atomic E-state index is 0.726. The fourth-order valence-corrected chi connectivity index (χ4v) is 1.67. The third kappa shape index (κ3) is 2.50. The number of aryl methyl sites for hydroxylation is 2. The van der Waals surface area contributed by atoms with Crippen molar-refractivity contribution in [3.8, 4) is 5.75 Å². The molecule has 1 fully saturated rings. The fourth-order valence-electron chi connectivity index (χ4n) is 1.67. The molecule has 4 nitrogen and oxygen atoms in total. The summed E-state index contributed by atoms with van der Waals surface area (Å²) in [6.07, 6.45) is 2.65. The van der Waals surface area contributed by atoms with Crippen LogP contribution in [0.4, 0.5) is 0 Å². The van der Waals surface area contributed by atoms with Crippen molar-refractivity contribution in [3.05, 3.63) is 11.4 Å². The lowest BCUT2D eigenvalue weighted by molar-refractivity contribution is 0.309. The number of aromatic nitrogens is 2. The predicted octanol–water partition coefficient (Wildman–Crippen LogP) is 1.17. The molecule has 0 aliphatic heterocycles. The largest absolute Gasteiger partial charge is 0.488 e. The van der Waals surface area contributed by atoms with Crippen LogP contribution < -0.4 is 10.1 Å². The van der Waals surface area contributed by atoms with Gasteiger partial charge in [0.2, 0.25) is 0 Å². The van der Waals surface area contributed by atoms with E-state index in [4.69, 9.17) is 4.74 Å². The Morgan fingerprint density at radius 1 is 1.47 bits per heavy atom. The zero-order valence-electron chi connectivity index (χ0n) is 9.71. The highest BCUT2D eigenvalue weighted by Gasteiger charge is 2.19. The molecule has 0 aromatic carbocycles. The van der Waals surface area contributed by atoms with Crippen LogP contribution in [0.2, 0.25) is 0 Å². The topological polar surface area (TPSA) is 39.1 Å². The van der Waals surface area contributed by atoms with Crippen molar-refractivity contribution in [2.24, 2.45) is 7.05 Å². The average Bonchev–Trinajstić information content (AvgIpc) is 2.96. The van der Waals surface area contributed by atoms with Gasteiger partial charge in [0, 0.05) is 19.6 Å². The molecule has 1 saturated carbocycles. The number of nitrogens with zero attached hydrogens (tertiary/aromatic N) is 2. The number of nitrogens with one attached hydrogen (secondary N) is 1. The molecule has 0 unspecified atom stereocenters. The Balaban J connectivity index is 1.81. The molecule has 1 aromatic rings. The van der Waals surface area contributed by atoms with Gasteiger partial charge in [-0.05, 0) is 26.7 Å². The Kier molecular flexibility index (Phi) is 2.95. The van der Waals surface area contributed by atoms with Crippen LogP contribution in [0, 0.1) is 13.8 Å². The summed E-state index contributed by atoms with van der Waals surface area (Å²) in [5, 5.41) is 7.73. The lowest BCUT2D eigenvalue weighted by atomic mass is 10.3. The first-order valence-electron chi connectivity index (χ1n) is 5.55. The first-order valence-corrected chi connectivity index (χ1v) is 5.55. The molecular weight excluding hydrogens is 190 g/mol. The van der Waals surface area contributed by atoms with E-state index in [0.717, 1.165) is 36.3 Å². The van der Waals surface area contributed by atoms with Crippen molar-refractivity contribution in [2.75, 3.05) is 13.2 Å². The molecular formula is C11H19N3O. The van der Waals surface area contributed by atoms with E-state index >= 15 is 0 Å². The third-order valence-electron chi connectivity index (χ3n) is 2.80. The number of ether oxygens (including phenoxy) is 1. The molecule has 1 aliphatic rings. The van der Waals surface area contributed by atoms with Crippen LogP contribution in [0.5, 0.6) is 5.75 Å². The van der Waals surface area contributed by atoms with Crippen molar-refractivity contribution in [1.82, 2.24) is 15.1 Å². The molecule has 1 aliphatic carbocycles. The summed E-state index contributed by atoms with van der Waals surface area (Å²) in [6, 6.07) is 0.754. The van der Waals surface area contributed by atoms with Crippen LogP contribution >= 0.6 is 0 Å². The van der Waals surface area contributed by atoms with E-state index in [-0.39, 0.29) is 0 Å². The maximum atomic E-state index is 5.72. The van der Waals surface area contributed by atoms with Gasteiger partial charge < -0.3 is 10.1 Å². The highest BCUT2D eigenvalue weighted by Crippen LogP contribution is 2.21. The Hall–Kier alpha value is -1.03. The summed E-state index contributed by atoms with van der Waals surface area (Å²) in [5.74, 6) is 0.940. The van der Waals surface area contributed by atoms with Crippen molar-refractivity contribution in [3.63, 3.8) is 0 Å². The Morgan fingerprint density at radius 2 is 2.20 bits per heavy atom. The van der Waals surface area contributed by atoms with Gasteiger partial charge in [-0.3, -0.25) is 4.68 Å². The second-order valence-electron chi connectivity index (χ2n) is 4.20. The fraction of sp³-hybridized carbons (Fsp3) is 0.727. The molecule has 2 rings (SSSR count). The van der Waals surface area contributed by atoms with Gasteiger partial charge in [-0.1, -0.05) is 0 Å². The standard InChI is InChI=1S/C11H19N3O/c1-8-11(9(2)14(3)13-8)15-7-6-12-10-4-5-10/h10,12H,4-7H2,1-3H3. The van der Waals surface area contributed by atoms with Gasteiger partial charge in [-0.15, -0.1) is 0 Å². The lowest BCUT2D eigenvalue weighted by Crippen LogP contribution is -2.23. The van der Waals surface area contributed by atoms with Crippen LogP contribution in [0.25, 0.3) is 0 Å². The van der Waals surface area contributed by atoms with Crippen molar-refractivity contribution in [1.29, 1.82) is 0 Å². The van der Waals surface area contributed by atoms with Crippen molar-refractivity contribution < 1.29 is 4.74 Å². The molecule has 0 saturated heterocycles. The summed E-state index contributed by atoms with van der Waals surface area (Å²) in [7, 11) is 1.94. The molecule has 84 valence electrons. The summed E-state index contributed by atoms with van der Waals surface area (Å²) >= 11 is 0. The van der Waals surface area contributed by atoms with Gasteiger partial charge in [0.1, 0.15) is 12.3 Å². The van der Waals surface area contributed by atoms with Gasteiger partial charge in [0.25, 0.3) is 0 Å². The molecule has 0 spiro atoms. The van der Waals surface area contributed by atoms with Crippen LogP contribution in [-0.2, 0) is 7.05 Å². The first-order chi connectivity index (χ1) is 7.18. The average molecular weight is 209 g/mol. The summed E-state index contributed by atoms with van der Waals surface area (Å²) in [4.78, 5) is 0. The van der Waals surface area contributed by atoms with Gasteiger partial charge >= 0.3 is 0 Å². The number of rotatable bonds is 5. The zero-order valence-corrected chi connectivity index (χ0v) is 9.71. The van der Waals surface area contributed by atoms with Gasteiger partial charge in [-0.25, -0.2) is 0 Å². The minimum absolute atomic E-state index is 0.726. The molecule has 0 atom stereocenters. The molecule has 15 heavy (non-hydrogen) atoms. The molecule has 0 bridgehead atoms. The second kappa shape index (κ2) is 4.23. The maximum absolute atomic E-state index is 5.72. The maximum Gasteiger partial charge on any atom is 0.163 e. The Morgan fingerprint density at radius 3 is 2.73 bits per heavy atom. The monoisotopic (exact) mass is 209 g/mol. The normalized spacial score (nSPS) is 15.7.